The fourth-order valence-electron chi connectivity index (χ4n) is 5.33. The molecule has 194 valence electrons. The Balaban J connectivity index is 1.38. The van der Waals surface area contributed by atoms with Gasteiger partial charge in [0.05, 0.1) is 23.4 Å². The molecule has 3 fully saturated rings. The Bertz CT molecular complexity index is 1220. The van der Waals surface area contributed by atoms with Gasteiger partial charge in [0.25, 0.3) is 0 Å². The number of ether oxygens (including phenoxy) is 1. The van der Waals surface area contributed by atoms with Crippen molar-refractivity contribution in [1.82, 2.24) is 9.97 Å². The third kappa shape index (κ3) is 5.05. The topological polar surface area (TPSA) is 163 Å². The first kappa shape index (κ1) is 25.9. The minimum absolute atomic E-state index is 0.0419. The van der Waals surface area contributed by atoms with Gasteiger partial charge in [-0.2, -0.15) is 4.98 Å². The van der Waals surface area contributed by atoms with Crippen molar-refractivity contribution >= 4 is 54.2 Å². The zero-order chi connectivity index (χ0) is 25.2. The second kappa shape index (κ2) is 9.23. The van der Waals surface area contributed by atoms with Crippen LogP contribution in [0.15, 0.2) is 5.38 Å². The van der Waals surface area contributed by atoms with Crippen molar-refractivity contribution in [3.8, 4) is 0 Å². The second-order valence-electron chi connectivity index (χ2n) is 9.40. The lowest BCUT2D eigenvalue weighted by molar-refractivity contribution is -0.0115. The van der Waals surface area contributed by atoms with E-state index in [0.717, 1.165) is 13.1 Å². The predicted molar refractivity (Wildman–Crippen MR) is 127 cm³/mol. The number of anilines is 1. The summed E-state index contributed by atoms with van der Waals surface area (Å²) < 4.78 is 49.8. The third-order valence-corrected chi connectivity index (χ3v) is 11.6. The fraction of sp³-hybridized carbons (Fsp3) is 0.684. The van der Waals surface area contributed by atoms with Crippen LogP contribution in [0.2, 0.25) is 5.28 Å². The Morgan fingerprint density at radius 1 is 1.26 bits per heavy atom. The van der Waals surface area contributed by atoms with Crippen molar-refractivity contribution in [2.24, 2.45) is 11.8 Å². The van der Waals surface area contributed by atoms with E-state index < -0.39 is 52.2 Å². The van der Waals surface area contributed by atoms with Crippen LogP contribution in [0, 0.1) is 11.8 Å². The van der Waals surface area contributed by atoms with Gasteiger partial charge >= 0.3 is 15.2 Å². The minimum Gasteiger partial charge on any atom is -0.386 e. The second-order valence-corrected chi connectivity index (χ2v) is 14.6. The first-order valence-corrected chi connectivity index (χ1v) is 15.9. The third-order valence-electron chi connectivity index (χ3n) is 6.98. The van der Waals surface area contributed by atoms with Gasteiger partial charge < -0.3 is 33.9 Å². The molecule has 3 aliphatic rings. The molecule has 11 nitrogen and oxygen atoms in total. The van der Waals surface area contributed by atoms with Gasteiger partial charge in [0.1, 0.15) is 12.2 Å². The van der Waals surface area contributed by atoms with Gasteiger partial charge in [0.15, 0.2) is 17.4 Å². The van der Waals surface area contributed by atoms with Crippen LogP contribution in [0.3, 0.4) is 0 Å². The molecule has 0 amide bonds. The molecule has 35 heavy (non-hydrogen) atoms. The number of aliphatic hydroxyl groups excluding tert-OH is 1. The van der Waals surface area contributed by atoms with Crippen LogP contribution in [0.4, 0.5) is 10.2 Å². The molecule has 0 radical (unpaired) electrons. The van der Waals surface area contributed by atoms with Crippen molar-refractivity contribution in [2.45, 2.75) is 37.1 Å². The van der Waals surface area contributed by atoms with Gasteiger partial charge in [-0.25, -0.2) is 9.37 Å². The van der Waals surface area contributed by atoms with Crippen LogP contribution in [-0.2, 0) is 24.1 Å². The summed E-state index contributed by atoms with van der Waals surface area (Å²) in [4.78, 5) is 38.3. The number of aromatic nitrogens is 2. The highest BCUT2D eigenvalue weighted by atomic mass is 35.5. The quantitative estimate of drug-likeness (QED) is 0.285. The lowest BCUT2D eigenvalue weighted by atomic mass is 9.91. The Morgan fingerprint density at radius 2 is 1.94 bits per heavy atom. The molecule has 2 aromatic rings. The number of hydrogen-bond acceptors (Lipinski definition) is 9. The van der Waals surface area contributed by atoms with Gasteiger partial charge in [0, 0.05) is 24.0 Å². The molecule has 6 atom stereocenters. The highest BCUT2D eigenvalue weighted by Crippen LogP contribution is 2.56. The van der Waals surface area contributed by atoms with Crippen molar-refractivity contribution < 1.29 is 42.6 Å². The first-order valence-electron chi connectivity index (χ1n) is 11.1. The molecule has 0 aromatic carbocycles. The number of rotatable bonds is 7. The highest BCUT2D eigenvalue weighted by molar-refractivity contribution is 7.70. The number of alkyl halides is 1. The van der Waals surface area contributed by atoms with Gasteiger partial charge in [-0.05, 0) is 36.3 Å². The summed E-state index contributed by atoms with van der Waals surface area (Å²) >= 11 is 7.46. The predicted octanol–water partition coefficient (Wildman–Crippen LogP) is 2.84. The number of nitrogens with zero attached hydrogens (tertiary/aromatic N) is 3. The summed E-state index contributed by atoms with van der Waals surface area (Å²) in [5.41, 5.74) is -2.08. The summed E-state index contributed by atoms with van der Waals surface area (Å²) in [6, 6.07) is 0. The van der Waals surface area contributed by atoms with Crippen molar-refractivity contribution in [3.05, 3.63) is 16.2 Å². The first-order chi connectivity index (χ1) is 16.4. The Morgan fingerprint density at radius 3 is 2.60 bits per heavy atom. The standard InChI is InChI=1S/C19H25ClFN3O8P2S/c20-18-22-14-12(7-35-15(14)17(23-18)24-4-10-2-1-3-11(10)5-24)19(21)8-31-13(16(19)25)6-32-34(29,30)9-33(26,27)28/h7,10-11,13,16,25H,1-6,8-9H2,(H,29,30)(H2,26,27,28)/t10?,11?,13-,16-,19-/m1/s1. The van der Waals surface area contributed by atoms with Crippen molar-refractivity contribution in [1.29, 1.82) is 0 Å². The van der Waals surface area contributed by atoms with E-state index in [4.69, 9.17) is 30.6 Å². The lowest BCUT2D eigenvalue weighted by Gasteiger charge is -2.24. The zero-order valence-corrected chi connectivity index (χ0v) is 21.7. The largest absolute Gasteiger partial charge is 0.386 e. The summed E-state index contributed by atoms with van der Waals surface area (Å²) in [6.07, 6.45) is 0.438. The maximum Gasteiger partial charge on any atom is 0.340 e. The van der Waals surface area contributed by atoms with E-state index in [-0.39, 0.29) is 16.4 Å². The molecule has 2 aliphatic heterocycles. The van der Waals surface area contributed by atoms with Crippen LogP contribution in [0.5, 0.6) is 0 Å². The Labute approximate surface area is 208 Å². The molecule has 2 saturated heterocycles. The number of fused-ring (bicyclic) bond motifs is 2. The van der Waals surface area contributed by atoms with Gasteiger partial charge in [-0.15, -0.1) is 11.3 Å². The summed E-state index contributed by atoms with van der Waals surface area (Å²) in [6.45, 7) is 0.386. The molecule has 4 N–H and O–H groups in total. The average Bonchev–Trinajstić information content (AvgIpc) is 3.49. The Hall–Kier alpha value is -0.720. The van der Waals surface area contributed by atoms with Crippen molar-refractivity contribution in [2.75, 3.05) is 37.1 Å². The van der Waals surface area contributed by atoms with E-state index in [2.05, 4.69) is 14.9 Å². The van der Waals surface area contributed by atoms with Crippen LogP contribution in [0.1, 0.15) is 24.8 Å². The monoisotopic (exact) mass is 571 g/mol. The van der Waals surface area contributed by atoms with E-state index in [1.165, 1.54) is 36.0 Å². The molecular formula is C19H25ClFN3O8P2S. The molecule has 1 saturated carbocycles. The molecule has 2 aromatic heterocycles. The van der Waals surface area contributed by atoms with E-state index in [1.807, 2.05) is 0 Å². The SMILES string of the molecule is O=P(O)(O)CP(=O)(O)OC[C@H]1OC[C@@](F)(c2csc3c(N4CC5CCCC5C4)nc(Cl)nc23)[C@@H]1O. The average molecular weight is 572 g/mol. The molecule has 3 unspecified atom stereocenters. The summed E-state index contributed by atoms with van der Waals surface area (Å²) in [7, 11) is -9.51. The van der Waals surface area contributed by atoms with E-state index in [1.54, 1.807) is 0 Å². The Kier molecular flexibility index (Phi) is 6.84. The molecule has 0 bridgehead atoms. The van der Waals surface area contributed by atoms with E-state index >= 15 is 4.39 Å². The molecule has 1 aliphatic carbocycles. The number of halogens is 2. The summed E-state index contributed by atoms with van der Waals surface area (Å²) in [5, 5.41) is 12.2. The van der Waals surface area contributed by atoms with Gasteiger partial charge in [-0.1, -0.05) is 6.42 Å². The molecule has 4 heterocycles. The van der Waals surface area contributed by atoms with Gasteiger partial charge in [-0.3, -0.25) is 9.13 Å². The van der Waals surface area contributed by atoms with E-state index in [0.29, 0.717) is 22.4 Å². The number of aliphatic hydroxyl groups is 1. The fourth-order valence-corrected chi connectivity index (χ4v) is 9.16. The maximum absolute atomic E-state index is 16.2. The number of hydrogen-bond donors (Lipinski definition) is 4. The van der Waals surface area contributed by atoms with Gasteiger partial charge in [0.2, 0.25) is 5.28 Å². The minimum atomic E-state index is -4.83. The summed E-state index contributed by atoms with van der Waals surface area (Å²) in [5.74, 6) is 0.449. The molecular weight excluding hydrogens is 547 g/mol. The zero-order valence-electron chi connectivity index (χ0n) is 18.4. The van der Waals surface area contributed by atoms with Crippen LogP contribution < -0.4 is 4.90 Å². The van der Waals surface area contributed by atoms with Crippen molar-refractivity contribution in [3.63, 3.8) is 0 Å². The van der Waals surface area contributed by atoms with E-state index in [9.17, 15) is 19.1 Å². The highest BCUT2D eigenvalue weighted by Gasteiger charge is 2.53. The number of thiophene rings is 1. The normalized spacial score (nSPS) is 32.9. The molecule has 5 rings (SSSR count). The molecule has 16 heteroatoms. The maximum atomic E-state index is 16.2. The smallest absolute Gasteiger partial charge is 0.340 e. The van der Waals surface area contributed by atoms with Crippen LogP contribution >= 0.6 is 38.1 Å². The molecule has 0 spiro atoms. The van der Waals surface area contributed by atoms with Crippen LogP contribution in [0.25, 0.3) is 10.2 Å². The van der Waals surface area contributed by atoms with Crippen LogP contribution in [-0.4, -0.2) is 74.2 Å². The lowest BCUT2D eigenvalue weighted by Crippen LogP contribution is -2.39.